The van der Waals surface area contributed by atoms with Crippen molar-refractivity contribution in [1.29, 1.82) is 0 Å². The number of hydrogen-bond acceptors (Lipinski definition) is 3. The molecular formula is C22H29N3O2. The van der Waals surface area contributed by atoms with Crippen LogP contribution in [0.15, 0.2) is 54.6 Å². The van der Waals surface area contributed by atoms with Crippen LogP contribution >= 0.6 is 0 Å². The monoisotopic (exact) mass is 367 g/mol. The second-order valence-corrected chi connectivity index (χ2v) is 7.34. The largest absolute Gasteiger partial charge is 0.344 e. The molecule has 144 valence electrons. The number of nitrogens with zero attached hydrogens (tertiary/aromatic N) is 1. The number of carbonyl (C=O) groups excluding carboxylic acids is 2. The maximum atomic E-state index is 12.8. The summed E-state index contributed by atoms with van der Waals surface area (Å²) in [6, 6.07) is 16.7. The summed E-state index contributed by atoms with van der Waals surface area (Å²) in [5.41, 5.74) is 2.74. The van der Waals surface area contributed by atoms with Gasteiger partial charge in [-0.25, -0.2) is 0 Å². The van der Waals surface area contributed by atoms with E-state index in [4.69, 9.17) is 0 Å². The van der Waals surface area contributed by atoms with Crippen molar-refractivity contribution >= 4 is 17.5 Å². The Morgan fingerprint density at radius 3 is 2.22 bits per heavy atom. The normalized spacial score (nSPS) is 12.1. The lowest BCUT2D eigenvalue weighted by Crippen LogP contribution is -2.47. The van der Waals surface area contributed by atoms with Crippen LogP contribution in [0.5, 0.6) is 0 Å². The molecule has 0 aliphatic rings. The van der Waals surface area contributed by atoms with Crippen LogP contribution in [0.4, 0.5) is 5.69 Å². The molecule has 2 aromatic rings. The van der Waals surface area contributed by atoms with Gasteiger partial charge in [0.1, 0.15) is 6.04 Å². The van der Waals surface area contributed by atoms with Crippen LogP contribution in [0.25, 0.3) is 0 Å². The number of anilines is 1. The molecule has 0 bridgehead atoms. The van der Waals surface area contributed by atoms with Crippen LogP contribution in [-0.4, -0.2) is 36.9 Å². The van der Waals surface area contributed by atoms with Gasteiger partial charge in [-0.15, -0.1) is 0 Å². The maximum Gasteiger partial charge on any atom is 0.247 e. The fourth-order valence-electron chi connectivity index (χ4n) is 2.87. The van der Waals surface area contributed by atoms with Crippen molar-refractivity contribution in [3.8, 4) is 0 Å². The van der Waals surface area contributed by atoms with Gasteiger partial charge in [0.2, 0.25) is 11.8 Å². The number of rotatable bonds is 8. The number of carbonyl (C=O) groups is 2. The molecule has 5 heteroatoms. The van der Waals surface area contributed by atoms with Crippen molar-refractivity contribution in [2.75, 3.05) is 19.4 Å². The number of hydrogen-bond donors (Lipinski definition) is 2. The lowest BCUT2D eigenvalue weighted by Gasteiger charge is -2.23. The van der Waals surface area contributed by atoms with E-state index in [1.807, 2.05) is 87.4 Å². The first-order valence-electron chi connectivity index (χ1n) is 9.23. The summed E-state index contributed by atoms with van der Waals surface area (Å²) in [7, 11) is 3.97. The second-order valence-electron chi connectivity index (χ2n) is 7.34. The molecule has 0 saturated heterocycles. The standard InChI is InChI=1S/C22H29N3O2/c1-16(2)21(24-20(26)14-17-10-6-5-7-11-17)22(27)23-19-13-9-8-12-18(19)15-25(3)4/h5-13,16,21H,14-15H2,1-4H3,(H,23,27)(H,24,26). The third kappa shape index (κ3) is 6.53. The van der Waals surface area contributed by atoms with Gasteiger partial charge in [-0.05, 0) is 37.2 Å². The van der Waals surface area contributed by atoms with E-state index >= 15 is 0 Å². The summed E-state index contributed by atoms with van der Waals surface area (Å²) in [4.78, 5) is 27.3. The molecule has 0 radical (unpaired) electrons. The average molecular weight is 367 g/mol. The van der Waals surface area contributed by atoms with Gasteiger partial charge in [-0.1, -0.05) is 62.4 Å². The van der Waals surface area contributed by atoms with E-state index in [0.717, 1.165) is 23.4 Å². The molecular weight excluding hydrogens is 338 g/mol. The van der Waals surface area contributed by atoms with Crippen molar-refractivity contribution in [2.45, 2.75) is 32.9 Å². The van der Waals surface area contributed by atoms with Crippen molar-refractivity contribution in [3.63, 3.8) is 0 Å². The van der Waals surface area contributed by atoms with Crippen LogP contribution in [0, 0.1) is 5.92 Å². The predicted molar refractivity (Wildman–Crippen MR) is 109 cm³/mol. The fourth-order valence-corrected chi connectivity index (χ4v) is 2.87. The Morgan fingerprint density at radius 2 is 1.59 bits per heavy atom. The van der Waals surface area contributed by atoms with E-state index in [0.29, 0.717) is 0 Å². The first-order chi connectivity index (χ1) is 12.9. The molecule has 2 aromatic carbocycles. The first kappa shape index (κ1) is 20.6. The highest BCUT2D eigenvalue weighted by molar-refractivity contribution is 5.98. The van der Waals surface area contributed by atoms with E-state index in [1.165, 1.54) is 0 Å². The fraction of sp³-hybridized carbons (Fsp3) is 0.364. The molecule has 0 aliphatic heterocycles. The molecule has 0 aliphatic carbocycles. The average Bonchev–Trinajstić information content (AvgIpc) is 2.61. The third-order valence-electron chi connectivity index (χ3n) is 4.23. The van der Waals surface area contributed by atoms with Crippen molar-refractivity contribution in [3.05, 3.63) is 65.7 Å². The lowest BCUT2D eigenvalue weighted by atomic mass is 10.0. The Morgan fingerprint density at radius 1 is 0.963 bits per heavy atom. The molecule has 0 saturated carbocycles. The van der Waals surface area contributed by atoms with Gasteiger partial charge in [0.15, 0.2) is 0 Å². The van der Waals surface area contributed by atoms with E-state index in [-0.39, 0.29) is 24.2 Å². The summed E-state index contributed by atoms with van der Waals surface area (Å²) in [5, 5.41) is 5.87. The van der Waals surface area contributed by atoms with E-state index < -0.39 is 6.04 Å². The van der Waals surface area contributed by atoms with Gasteiger partial charge in [0.05, 0.1) is 6.42 Å². The highest BCUT2D eigenvalue weighted by Gasteiger charge is 2.24. The Kier molecular flexibility index (Phi) is 7.55. The minimum Gasteiger partial charge on any atom is -0.344 e. The molecule has 2 rings (SSSR count). The summed E-state index contributed by atoms with van der Waals surface area (Å²) < 4.78 is 0. The molecule has 2 N–H and O–H groups in total. The quantitative estimate of drug-likeness (QED) is 0.754. The van der Waals surface area contributed by atoms with Crippen LogP contribution in [0.2, 0.25) is 0 Å². The van der Waals surface area contributed by atoms with Gasteiger partial charge >= 0.3 is 0 Å². The van der Waals surface area contributed by atoms with Crippen LogP contribution < -0.4 is 10.6 Å². The molecule has 0 heterocycles. The zero-order chi connectivity index (χ0) is 19.8. The zero-order valence-corrected chi connectivity index (χ0v) is 16.5. The Balaban J connectivity index is 2.06. The summed E-state index contributed by atoms with van der Waals surface area (Å²) in [5.74, 6) is -0.375. The molecule has 2 amide bonds. The van der Waals surface area contributed by atoms with Gasteiger partial charge in [-0.2, -0.15) is 0 Å². The van der Waals surface area contributed by atoms with Crippen molar-refractivity contribution < 1.29 is 9.59 Å². The highest BCUT2D eigenvalue weighted by Crippen LogP contribution is 2.17. The number of nitrogens with one attached hydrogen (secondary N) is 2. The molecule has 1 atom stereocenters. The second kappa shape index (κ2) is 9.88. The summed E-state index contributed by atoms with van der Waals surface area (Å²) in [6.07, 6.45) is 0.258. The summed E-state index contributed by atoms with van der Waals surface area (Å²) in [6.45, 7) is 4.58. The Hall–Kier alpha value is -2.66. The minimum absolute atomic E-state index is 0.0225. The zero-order valence-electron chi connectivity index (χ0n) is 16.5. The molecule has 5 nitrogen and oxygen atoms in total. The smallest absolute Gasteiger partial charge is 0.247 e. The predicted octanol–water partition coefficient (Wildman–Crippen LogP) is 3.07. The number of amides is 2. The number of para-hydroxylation sites is 1. The summed E-state index contributed by atoms with van der Waals surface area (Å²) >= 11 is 0. The van der Waals surface area contributed by atoms with E-state index in [1.54, 1.807) is 0 Å². The molecule has 1 unspecified atom stereocenters. The van der Waals surface area contributed by atoms with Crippen molar-refractivity contribution in [1.82, 2.24) is 10.2 Å². The van der Waals surface area contributed by atoms with Crippen molar-refractivity contribution in [2.24, 2.45) is 5.92 Å². The molecule has 0 aromatic heterocycles. The topological polar surface area (TPSA) is 61.4 Å². The van der Waals surface area contributed by atoms with Crippen LogP contribution in [0.1, 0.15) is 25.0 Å². The molecule has 27 heavy (non-hydrogen) atoms. The van der Waals surface area contributed by atoms with E-state index in [2.05, 4.69) is 10.6 Å². The van der Waals surface area contributed by atoms with Gasteiger partial charge in [0, 0.05) is 12.2 Å². The van der Waals surface area contributed by atoms with Gasteiger partial charge < -0.3 is 15.5 Å². The SMILES string of the molecule is CC(C)C(NC(=O)Cc1ccccc1)C(=O)Nc1ccccc1CN(C)C. The van der Waals surface area contributed by atoms with E-state index in [9.17, 15) is 9.59 Å². The maximum absolute atomic E-state index is 12.8. The first-order valence-corrected chi connectivity index (χ1v) is 9.23. The molecule has 0 spiro atoms. The minimum atomic E-state index is -0.589. The Labute approximate surface area is 161 Å². The van der Waals surface area contributed by atoms with Crippen LogP contribution in [0.3, 0.4) is 0 Å². The lowest BCUT2D eigenvalue weighted by molar-refractivity contribution is -0.127. The highest BCUT2D eigenvalue weighted by atomic mass is 16.2. The molecule has 0 fully saturated rings. The van der Waals surface area contributed by atoms with Gasteiger partial charge in [0.25, 0.3) is 0 Å². The Bertz CT molecular complexity index is 757. The number of benzene rings is 2. The third-order valence-corrected chi connectivity index (χ3v) is 4.23. The van der Waals surface area contributed by atoms with Crippen LogP contribution in [-0.2, 0) is 22.6 Å². The van der Waals surface area contributed by atoms with Gasteiger partial charge in [-0.3, -0.25) is 9.59 Å².